The average molecular weight is 481 g/mol. The monoisotopic (exact) mass is 480 g/mol. The third kappa shape index (κ3) is 16.1. The highest BCUT2D eigenvalue weighted by Crippen LogP contribution is 2.18. The van der Waals surface area contributed by atoms with Crippen LogP contribution in [0.4, 0.5) is 0 Å². The van der Waals surface area contributed by atoms with Crippen LogP contribution in [-0.4, -0.2) is 65.3 Å². The minimum Gasteiger partial charge on any atom is -0.497 e. The van der Waals surface area contributed by atoms with Gasteiger partial charge in [0.25, 0.3) is 0 Å². The summed E-state index contributed by atoms with van der Waals surface area (Å²) in [5.74, 6) is 0.962. The van der Waals surface area contributed by atoms with E-state index >= 15 is 0 Å². The van der Waals surface area contributed by atoms with Crippen molar-refractivity contribution in [2.45, 2.75) is 51.9 Å². The second-order valence-electron chi connectivity index (χ2n) is 7.76. The van der Waals surface area contributed by atoms with Crippen molar-refractivity contribution in [2.75, 3.05) is 53.4 Å². The molecule has 0 amide bonds. The summed E-state index contributed by atoms with van der Waals surface area (Å²) in [7, 11) is 1.62. The van der Waals surface area contributed by atoms with Crippen molar-refractivity contribution >= 4 is 11.9 Å². The Morgan fingerprint density at radius 2 is 1.41 bits per heavy atom. The fourth-order valence-electron chi connectivity index (χ4n) is 2.82. The van der Waals surface area contributed by atoms with Gasteiger partial charge in [0.05, 0.1) is 26.9 Å². The Bertz CT molecular complexity index is 704. The molecule has 0 aliphatic heterocycles. The molecule has 192 valence electrons. The SMILES string of the molecule is C=C(C)C(=O)OCCCCCCC(=O)OCCOCCCCOCCOc1cccc(OC)c1. The van der Waals surface area contributed by atoms with E-state index in [-0.39, 0.29) is 18.5 Å². The summed E-state index contributed by atoms with van der Waals surface area (Å²) in [4.78, 5) is 22.9. The highest BCUT2D eigenvalue weighted by molar-refractivity contribution is 5.86. The standard InChI is InChI=1S/C26H40O8/c1-22(2)26(28)34-16-7-5-4-6-13-25(27)33-20-18-31-15-9-8-14-30-17-19-32-24-12-10-11-23(21-24)29-3/h10-12,21H,1,4-9,13-20H2,2-3H3. The van der Waals surface area contributed by atoms with Crippen LogP contribution in [0.1, 0.15) is 51.9 Å². The quantitative estimate of drug-likeness (QED) is 0.144. The maximum Gasteiger partial charge on any atom is 0.333 e. The van der Waals surface area contributed by atoms with Gasteiger partial charge in [-0.15, -0.1) is 0 Å². The Labute approximate surface area is 203 Å². The van der Waals surface area contributed by atoms with Crippen molar-refractivity contribution in [3.8, 4) is 11.5 Å². The third-order valence-corrected chi connectivity index (χ3v) is 4.71. The van der Waals surface area contributed by atoms with Crippen LogP contribution in [0.2, 0.25) is 0 Å². The predicted molar refractivity (Wildman–Crippen MR) is 129 cm³/mol. The molecule has 0 spiro atoms. The Morgan fingerprint density at radius 1 is 0.765 bits per heavy atom. The summed E-state index contributed by atoms with van der Waals surface area (Å²) < 4.78 is 32.0. The van der Waals surface area contributed by atoms with E-state index in [9.17, 15) is 9.59 Å². The highest BCUT2D eigenvalue weighted by Gasteiger charge is 2.04. The van der Waals surface area contributed by atoms with Crippen LogP contribution in [0.15, 0.2) is 36.4 Å². The fourth-order valence-corrected chi connectivity index (χ4v) is 2.82. The maximum absolute atomic E-state index is 11.7. The van der Waals surface area contributed by atoms with Crippen LogP contribution >= 0.6 is 0 Å². The lowest BCUT2D eigenvalue weighted by molar-refractivity contribution is -0.145. The molecule has 0 fully saturated rings. The summed E-state index contributed by atoms with van der Waals surface area (Å²) in [5.41, 5.74) is 0.406. The predicted octanol–water partition coefficient (Wildman–Crippen LogP) is 4.50. The first kappa shape index (κ1) is 29.5. The van der Waals surface area contributed by atoms with Gasteiger partial charge in [-0.25, -0.2) is 4.79 Å². The molecular formula is C26H40O8. The van der Waals surface area contributed by atoms with Gasteiger partial charge in [-0.1, -0.05) is 25.5 Å². The van der Waals surface area contributed by atoms with Gasteiger partial charge >= 0.3 is 11.9 Å². The summed E-state index contributed by atoms with van der Waals surface area (Å²) >= 11 is 0. The summed E-state index contributed by atoms with van der Waals surface area (Å²) in [6.07, 6.45) is 5.51. The molecule has 0 radical (unpaired) electrons. The lowest BCUT2D eigenvalue weighted by atomic mass is 10.1. The number of hydrogen-bond donors (Lipinski definition) is 0. The van der Waals surface area contributed by atoms with Crippen LogP contribution in [0.25, 0.3) is 0 Å². The molecule has 0 atom stereocenters. The second-order valence-corrected chi connectivity index (χ2v) is 7.76. The minimum absolute atomic E-state index is 0.207. The lowest BCUT2D eigenvalue weighted by Crippen LogP contribution is -2.11. The number of esters is 2. The maximum atomic E-state index is 11.7. The van der Waals surface area contributed by atoms with Gasteiger partial charge < -0.3 is 28.4 Å². The van der Waals surface area contributed by atoms with Gasteiger partial charge in [0.15, 0.2) is 0 Å². The van der Waals surface area contributed by atoms with Crippen molar-refractivity contribution in [3.63, 3.8) is 0 Å². The zero-order valence-corrected chi connectivity index (χ0v) is 20.7. The van der Waals surface area contributed by atoms with E-state index in [1.54, 1.807) is 14.0 Å². The number of carbonyl (C=O) groups is 2. The number of rotatable bonds is 21. The topological polar surface area (TPSA) is 89.5 Å². The van der Waals surface area contributed by atoms with Crippen LogP contribution in [-0.2, 0) is 28.5 Å². The largest absolute Gasteiger partial charge is 0.497 e. The molecule has 0 aliphatic carbocycles. The molecule has 0 aromatic heterocycles. The van der Waals surface area contributed by atoms with Crippen LogP contribution in [0, 0.1) is 0 Å². The number of hydrogen-bond acceptors (Lipinski definition) is 8. The average Bonchev–Trinajstić information content (AvgIpc) is 2.83. The van der Waals surface area contributed by atoms with E-state index in [0.29, 0.717) is 51.6 Å². The molecule has 1 rings (SSSR count). The van der Waals surface area contributed by atoms with E-state index in [1.807, 2.05) is 24.3 Å². The molecule has 1 aromatic rings. The van der Waals surface area contributed by atoms with E-state index in [0.717, 1.165) is 50.0 Å². The van der Waals surface area contributed by atoms with Crippen LogP contribution < -0.4 is 9.47 Å². The molecule has 0 heterocycles. The summed E-state index contributed by atoms with van der Waals surface area (Å²) in [6.45, 7) is 8.48. The molecule has 0 saturated heterocycles. The summed E-state index contributed by atoms with van der Waals surface area (Å²) in [5, 5.41) is 0. The zero-order chi connectivity index (χ0) is 24.9. The molecule has 8 heteroatoms. The van der Waals surface area contributed by atoms with Gasteiger partial charge in [0, 0.05) is 31.3 Å². The molecular weight excluding hydrogens is 440 g/mol. The first-order chi connectivity index (χ1) is 16.5. The van der Waals surface area contributed by atoms with Crippen LogP contribution in [0.3, 0.4) is 0 Å². The van der Waals surface area contributed by atoms with E-state index in [4.69, 9.17) is 28.4 Å². The number of benzene rings is 1. The number of unbranched alkanes of at least 4 members (excludes halogenated alkanes) is 4. The van der Waals surface area contributed by atoms with Gasteiger partial charge in [0.2, 0.25) is 0 Å². The van der Waals surface area contributed by atoms with E-state index in [1.165, 1.54) is 0 Å². The van der Waals surface area contributed by atoms with Gasteiger partial charge in [-0.05, 0) is 44.7 Å². The number of ether oxygens (including phenoxy) is 6. The lowest BCUT2D eigenvalue weighted by Gasteiger charge is -2.09. The third-order valence-electron chi connectivity index (χ3n) is 4.71. The molecule has 0 saturated carbocycles. The zero-order valence-electron chi connectivity index (χ0n) is 20.7. The van der Waals surface area contributed by atoms with Crippen molar-refractivity contribution < 1.29 is 38.0 Å². The van der Waals surface area contributed by atoms with Crippen molar-refractivity contribution in [3.05, 3.63) is 36.4 Å². The Balaban J connectivity index is 1.81. The van der Waals surface area contributed by atoms with Crippen molar-refractivity contribution in [1.82, 2.24) is 0 Å². The molecule has 0 aliphatic rings. The van der Waals surface area contributed by atoms with Crippen molar-refractivity contribution in [2.24, 2.45) is 0 Å². The number of methoxy groups -OCH3 is 1. The normalized spacial score (nSPS) is 10.5. The fraction of sp³-hybridized carbons (Fsp3) is 0.615. The molecule has 0 bridgehead atoms. The summed E-state index contributed by atoms with van der Waals surface area (Å²) in [6, 6.07) is 7.47. The smallest absolute Gasteiger partial charge is 0.333 e. The van der Waals surface area contributed by atoms with Gasteiger partial charge in [0.1, 0.15) is 24.7 Å². The van der Waals surface area contributed by atoms with Gasteiger partial charge in [-0.2, -0.15) is 0 Å². The Morgan fingerprint density at radius 3 is 2.12 bits per heavy atom. The first-order valence-corrected chi connectivity index (χ1v) is 11.9. The van der Waals surface area contributed by atoms with Gasteiger partial charge in [-0.3, -0.25) is 4.79 Å². The van der Waals surface area contributed by atoms with Crippen molar-refractivity contribution in [1.29, 1.82) is 0 Å². The highest BCUT2D eigenvalue weighted by atomic mass is 16.6. The molecule has 1 aromatic carbocycles. The first-order valence-electron chi connectivity index (χ1n) is 11.9. The van der Waals surface area contributed by atoms with E-state index < -0.39 is 0 Å². The van der Waals surface area contributed by atoms with Crippen LogP contribution in [0.5, 0.6) is 11.5 Å². The molecule has 0 unspecified atom stereocenters. The molecule has 8 nitrogen and oxygen atoms in total. The van der Waals surface area contributed by atoms with E-state index in [2.05, 4.69) is 6.58 Å². The molecule has 0 N–H and O–H groups in total. The Hall–Kier alpha value is -2.58. The minimum atomic E-state index is -0.356. The molecule has 34 heavy (non-hydrogen) atoms. The second kappa shape index (κ2) is 19.9. The Kier molecular flexibility index (Phi) is 17.2. The number of carbonyl (C=O) groups excluding carboxylic acids is 2.